The second-order valence-corrected chi connectivity index (χ2v) is 7.82. The first kappa shape index (κ1) is 19.8. The Balaban J connectivity index is 1.83. The molecule has 0 saturated heterocycles. The predicted molar refractivity (Wildman–Crippen MR) is 103 cm³/mol. The molecule has 0 saturated carbocycles. The van der Waals surface area contributed by atoms with Gasteiger partial charge >= 0.3 is 0 Å². The lowest BCUT2D eigenvalue weighted by Gasteiger charge is -2.11. The van der Waals surface area contributed by atoms with Gasteiger partial charge in [-0.15, -0.1) is 0 Å². The van der Waals surface area contributed by atoms with Gasteiger partial charge in [-0.2, -0.15) is 0 Å². The fourth-order valence-electron chi connectivity index (χ4n) is 2.38. The van der Waals surface area contributed by atoms with E-state index in [-0.39, 0.29) is 26.9 Å². The molecule has 5 nitrogen and oxygen atoms in total. The zero-order chi connectivity index (χ0) is 20.3. The molecule has 28 heavy (non-hydrogen) atoms. The Hall–Kier alpha value is -2.97. The molecule has 0 aliphatic carbocycles. The summed E-state index contributed by atoms with van der Waals surface area (Å²) >= 11 is 5.97. The lowest BCUT2D eigenvalue weighted by Crippen LogP contribution is -2.15. The molecule has 0 heterocycles. The van der Waals surface area contributed by atoms with Crippen molar-refractivity contribution in [2.75, 3.05) is 10.0 Å². The Morgan fingerprint density at radius 3 is 2.25 bits per heavy atom. The Morgan fingerprint density at radius 1 is 0.893 bits per heavy atom. The molecule has 1 amide bonds. The highest BCUT2D eigenvalue weighted by Gasteiger charge is 2.17. The number of sulfonamides is 1. The predicted octanol–water partition coefficient (Wildman–Crippen LogP) is 4.67. The minimum Gasteiger partial charge on any atom is -0.322 e. The van der Waals surface area contributed by atoms with E-state index < -0.39 is 27.6 Å². The molecule has 0 radical (unpaired) electrons. The van der Waals surface area contributed by atoms with Crippen LogP contribution < -0.4 is 10.0 Å². The fraction of sp³-hybridized carbons (Fsp3) is 0. The number of nitrogens with one attached hydrogen (secondary N) is 2. The van der Waals surface area contributed by atoms with Crippen molar-refractivity contribution < 1.29 is 22.0 Å². The van der Waals surface area contributed by atoms with Gasteiger partial charge in [0.15, 0.2) is 0 Å². The number of amides is 1. The summed E-state index contributed by atoms with van der Waals surface area (Å²) in [4.78, 5) is 12.1. The fourth-order valence-corrected chi connectivity index (χ4v) is 3.74. The molecule has 0 unspecified atom stereocenters. The number of carbonyl (C=O) groups is 1. The highest BCUT2D eigenvalue weighted by Crippen LogP contribution is 2.25. The van der Waals surface area contributed by atoms with E-state index in [1.807, 2.05) is 0 Å². The lowest BCUT2D eigenvalue weighted by molar-refractivity contribution is 0.102. The number of hydrogen-bond donors (Lipinski definition) is 2. The SMILES string of the molecule is O=C(Nc1cccc(S(=O)(=O)Nc2ccccc2Cl)c1)c1cc(F)cc(F)c1. The third-order valence-corrected chi connectivity index (χ3v) is 5.34. The van der Waals surface area contributed by atoms with Crippen molar-refractivity contribution in [2.24, 2.45) is 0 Å². The largest absolute Gasteiger partial charge is 0.322 e. The van der Waals surface area contributed by atoms with Crippen LogP contribution in [0.1, 0.15) is 10.4 Å². The van der Waals surface area contributed by atoms with E-state index >= 15 is 0 Å². The Labute approximate surface area is 165 Å². The normalized spacial score (nSPS) is 11.1. The van der Waals surface area contributed by atoms with Crippen molar-refractivity contribution in [2.45, 2.75) is 4.90 Å². The van der Waals surface area contributed by atoms with Crippen LogP contribution in [-0.4, -0.2) is 14.3 Å². The van der Waals surface area contributed by atoms with Gasteiger partial charge in [0, 0.05) is 17.3 Å². The van der Waals surface area contributed by atoms with E-state index in [9.17, 15) is 22.0 Å². The quantitative estimate of drug-likeness (QED) is 0.627. The molecule has 0 aliphatic rings. The number of hydrogen-bond acceptors (Lipinski definition) is 3. The first-order valence-electron chi connectivity index (χ1n) is 7.89. The molecular formula is C19H13ClF2N2O3S. The second kappa shape index (κ2) is 7.95. The monoisotopic (exact) mass is 422 g/mol. The summed E-state index contributed by atoms with van der Waals surface area (Å²) in [5, 5.41) is 2.64. The molecule has 0 aliphatic heterocycles. The van der Waals surface area contributed by atoms with Crippen LogP contribution in [-0.2, 0) is 10.0 Å². The van der Waals surface area contributed by atoms with Crippen molar-refractivity contribution in [3.63, 3.8) is 0 Å². The van der Waals surface area contributed by atoms with E-state index in [0.717, 1.165) is 12.1 Å². The maximum atomic E-state index is 13.3. The average Bonchev–Trinajstić information content (AvgIpc) is 2.63. The molecule has 3 aromatic rings. The van der Waals surface area contributed by atoms with E-state index in [0.29, 0.717) is 6.07 Å². The molecule has 3 aromatic carbocycles. The number of anilines is 2. The van der Waals surface area contributed by atoms with Crippen molar-refractivity contribution in [1.82, 2.24) is 0 Å². The molecule has 0 fully saturated rings. The van der Waals surface area contributed by atoms with E-state index in [1.54, 1.807) is 12.1 Å². The van der Waals surface area contributed by atoms with E-state index in [1.165, 1.54) is 36.4 Å². The minimum atomic E-state index is -3.98. The van der Waals surface area contributed by atoms with Crippen LogP contribution >= 0.6 is 11.6 Å². The van der Waals surface area contributed by atoms with Gasteiger partial charge < -0.3 is 5.32 Å². The van der Waals surface area contributed by atoms with Crippen LogP contribution in [0.4, 0.5) is 20.2 Å². The molecule has 0 bridgehead atoms. The van der Waals surface area contributed by atoms with Gasteiger partial charge in [0.2, 0.25) is 0 Å². The van der Waals surface area contributed by atoms with Crippen molar-refractivity contribution >= 4 is 38.9 Å². The van der Waals surface area contributed by atoms with Crippen LogP contribution in [0.25, 0.3) is 0 Å². The first-order chi connectivity index (χ1) is 13.2. The summed E-state index contributed by atoms with van der Waals surface area (Å²) in [6.45, 7) is 0. The summed E-state index contributed by atoms with van der Waals surface area (Å²) < 4.78 is 54.0. The summed E-state index contributed by atoms with van der Waals surface area (Å²) in [6.07, 6.45) is 0. The Morgan fingerprint density at radius 2 is 1.57 bits per heavy atom. The number of halogens is 3. The molecule has 9 heteroatoms. The van der Waals surface area contributed by atoms with E-state index in [2.05, 4.69) is 10.0 Å². The van der Waals surface area contributed by atoms with Crippen LogP contribution in [0.3, 0.4) is 0 Å². The van der Waals surface area contributed by atoms with Crippen LogP contribution in [0.15, 0.2) is 71.6 Å². The molecule has 0 aromatic heterocycles. The first-order valence-corrected chi connectivity index (χ1v) is 9.75. The van der Waals surface area contributed by atoms with Gasteiger partial charge in [-0.25, -0.2) is 17.2 Å². The average molecular weight is 423 g/mol. The minimum absolute atomic E-state index is 0.129. The van der Waals surface area contributed by atoms with Crippen LogP contribution in [0.5, 0.6) is 0 Å². The molecule has 2 N–H and O–H groups in total. The number of rotatable bonds is 5. The van der Waals surface area contributed by atoms with Gasteiger partial charge in [0.05, 0.1) is 15.6 Å². The summed E-state index contributed by atoms with van der Waals surface area (Å²) in [7, 11) is -3.98. The van der Waals surface area contributed by atoms with Gasteiger partial charge in [-0.3, -0.25) is 9.52 Å². The molecule has 144 valence electrons. The highest BCUT2D eigenvalue weighted by atomic mass is 35.5. The lowest BCUT2D eigenvalue weighted by atomic mass is 10.2. The summed E-state index contributed by atoms with van der Waals surface area (Å²) in [6, 6.07) is 14.1. The molecule has 0 spiro atoms. The van der Waals surface area contributed by atoms with Crippen molar-refractivity contribution in [3.05, 3.63) is 89.0 Å². The summed E-state index contributed by atoms with van der Waals surface area (Å²) in [5.41, 5.74) is 0.102. The zero-order valence-corrected chi connectivity index (χ0v) is 15.7. The van der Waals surface area contributed by atoms with Gasteiger partial charge in [-0.05, 0) is 42.5 Å². The molecule has 0 atom stereocenters. The van der Waals surface area contributed by atoms with Gasteiger partial charge in [-0.1, -0.05) is 29.8 Å². The molecular weight excluding hydrogens is 410 g/mol. The number of para-hydroxylation sites is 1. The van der Waals surface area contributed by atoms with Gasteiger partial charge in [0.25, 0.3) is 15.9 Å². The second-order valence-electron chi connectivity index (χ2n) is 5.73. The molecule has 3 rings (SSSR count). The maximum Gasteiger partial charge on any atom is 0.262 e. The van der Waals surface area contributed by atoms with Crippen LogP contribution in [0, 0.1) is 11.6 Å². The third-order valence-electron chi connectivity index (χ3n) is 3.65. The number of benzene rings is 3. The third kappa shape index (κ3) is 4.65. The summed E-state index contributed by atoms with van der Waals surface area (Å²) in [5.74, 6) is -2.58. The topological polar surface area (TPSA) is 75.3 Å². The maximum absolute atomic E-state index is 13.3. The van der Waals surface area contributed by atoms with Crippen LogP contribution in [0.2, 0.25) is 5.02 Å². The zero-order valence-electron chi connectivity index (χ0n) is 14.1. The highest BCUT2D eigenvalue weighted by molar-refractivity contribution is 7.92. The van der Waals surface area contributed by atoms with E-state index in [4.69, 9.17) is 11.6 Å². The Kier molecular flexibility index (Phi) is 5.62. The van der Waals surface area contributed by atoms with Crippen molar-refractivity contribution in [3.8, 4) is 0 Å². The Bertz CT molecular complexity index is 1130. The van der Waals surface area contributed by atoms with Gasteiger partial charge in [0.1, 0.15) is 11.6 Å². The smallest absolute Gasteiger partial charge is 0.262 e. The standard InChI is InChI=1S/C19H13ClF2N2O3S/c20-17-6-1-2-7-18(17)24-28(26,27)16-5-3-4-15(11-16)23-19(25)12-8-13(21)10-14(22)9-12/h1-11,24H,(H,23,25). The number of carbonyl (C=O) groups excluding carboxylic acids is 1. The van der Waals surface area contributed by atoms with Crippen molar-refractivity contribution in [1.29, 1.82) is 0 Å².